The predicted octanol–water partition coefficient (Wildman–Crippen LogP) is 3.76. The van der Waals surface area contributed by atoms with E-state index in [1.54, 1.807) is 6.07 Å². The van der Waals surface area contributed by atoms with Crippen molar-refractivity contribution in [2.45, 2.75) is 6.92 Å². The maximum Gasteiger partial charge on any atom is 0.146 e. The van der Waals surface area contributed by atoms with Crippen LogP contribution >= 0.6 is 0 Å². The summed E-state index contributed by atoms with van der Waals surface area (Å²) in [6, 6.07) is 16.9. The lowest BCUT2D eigenvalue weighted by molar-refractivity contribution is 0.619. The summed E-state index contributed by atoms with van der Waals surface area (Å²) in [7, 11) is 0. The minimum Gasteiger partial charge on any atom is -0.383 e. The van der Waals surface area contributed by atoms with Crippen molar-refractivity contribution in [3.63, 3.8) is 0 Å². The fraction of sp³-hybridized carbons (Fsp3) is 0.250. The maximum atomic E-state index is 13.7. The van der Waals surface area contributed by atoms with Gasteiger partial charge in [0.05, 0.1) is 5.69 Å². The number of hydrogen-bond acceptors (Lipinski definition) is 2. The monoisotopic (exact) mass is 258 g/mol. The lowest BCUT2D eigenvalue weighted by atomic mass is 10.2. The fourth-order valence-corrected chi connectivity index (χ4v) is 2.05. The van der Waals surface area contributed by atoms with Crippen LogP contribution in [0, 0.1) is 5.82 Å². The van der Waals surface area contributed by atoms with Crippen molar-refractivity contribution < 1.29 is 4.39 Å². The van der Waals surface area contributed by atoms with Gasteiger partial charge in [-0.3, -0.25) is 0 Å². The SMILES string of the molecule is CCN(CCNc1ccccc1)c1ccccc1F. The van der Waals surface area contributed by atoms with Gasteiger partial charge in [0, 0.05) is 25.3 Å². The van der Waals surface area contributed by atoms with Gasteiger partial charge in [-0.2, -0.15) is 0 Å². The zero-order valence-corrected chi connectivity index (χ0v) is 11.1. The van der Waals surface area contributed by atoms with Gasteiger partial charge in [-0.05, 0) is 31.2 Å². The fourth-order valence-electron chi connectivity index (χ4n) is 2.05. The van der Waals surface area contributed by atoms with Gasteiger partial charge in [-0.15, -0.1) is 0 Å². The zero-order chi connectivity index (χ0) is 13.5. The summed E-state index contributed by atoms with van der Waals surface area (Å²) in [4.78, 5) is 2.03. The third-order valence-corrected chi connectivity index (χ3v) is 3.06. The normalized spacial score (nSPS) is 10.2. The molecule has 0 bridgehead atoms. The molecule has 19 heavy (non-hydrogen) atoms. The largest absolute Gasteiger partial charge is 0.383 e. The Balaban J connectivity index is 1.92. The van der Waals surface area contributed by atoms with Crippen molar-refractivity contribution in [3.05, 3.63) is 60.4 Å². The van der Waals surface area contributed by atoms with Crippen molar-refractivity contribution >= 4 is 11.4 Å². The number of nitrogens with one attached hydrogen (secondary N) is 1. The van der Waals surface area contributed by atoms with E-state index in [-0.39, 0.29) is 5.82 Å². The molecule has 0 radical (unpaired) electrons. The highest BCUT2D eigenvalue weighted by Crippen LogP contribution is 2.18. The lowest BCUT2D eigenvalue weighted by Crippen LogP contribution is -2.29. The summed E-state index contributed by atoms with van der Waals surface area (Å²) >= 11 is 0. The van der Waals surface area contributed by atoms with E-state index in [2.05, 4.69) is 5.32 Å². The second-order valence-corrected chi connectivity index (χ2v) is 4.32. The van der Waals surface area contributed by atoms with Crippen LogP contribution in [-0.4, -0.2) is 19.6 Å². The first-order valence-corrected chi connectivity index (χ1v) is 6.59. The van der Waals surface area contributed by atoms with E-state index < -0.39 is 0 Å². The maximum absolute atomic E-state index is 13.7. The molecule has 0 fully saturated rings. The Bertz CT molecular complexity index is 499. The molecular weight excluding hydrogens is 239 g/mol. The molecule has 2 nitrogen and oxygen atoms in total. The number of nitrogens with zero attached hydrogens (tertiary/aromatic N) is 1. The van der Waals surface area contributed by atoms with Crippen LogP contribution in [0.15, 0.2) is 54.6 Å². The Kier molecular flexibility index (Phi) is 4.78. The van der Waals surface area contributed by atoms with Gasteiger partial charge in [0.15, 0.2) is 0 Å². The van der Waals surface area contributed by atoms with Crippen LogP contribution in [0.3, 0.4) is 0 Å². The molecule has 0 aliphatic rings. The van der Waals surface area contributed by atoms with Gasteiger partial charge in [0.25, 0.3) is 0 Å². The number of benzene rings is 2. The Morgan fingerprint density at radius 1 is 1.00 bits per heavy atom. The highest BCUT2D eigenvalue weighted by atomic mass is 19.1. The average Bonchev–Trinajstić information content (AvgIpc) is 2.46. The lowest BCUT2D eigenvalue weighted by Gasteiger charge is -2.23. The van der Waals surface area contributed by atoms with Gasteiger partial charge >= 0.3 is 0 Å². The van der Waals surface area contributed by atoms with Crippen LogP contribution < -0.4 is 10.2 Å². The first-order valence-electron chi connectivity index (χ1n) is 6.59. The van der Waals surface area contributed by atoms with Crippen LogP contribution in [0.1, 0.15) is 6.92 Å². The highest BCUT2D eigenvalue weighted by Gasteiger charge is 2.08. The molecule has 1 N–H and O–H groups in total. The first-order chi connectivity index (χ1) is 9.31. The van der Waals surface area contributed by atoms with Gasteiger partial charge in [0.1, 0.15) is 5.82 Å². The van der Waals surface area contributed by atoms with E-state index in [0.717, 1.165) is 25.3 Å². The second-order valence-electron chi connectivity index (χ2n) is 4.32. The molecular formula is C16H19FN2. The molecule has 0 unspecified atom stereocenters. The standard InChI is InChI=1S/C16H19FN2/c1-2-19(16-11-7-6-10-15(16)17)13-12-18-14-8-4-3-5-9-14/h3-11,18H,2,12-13H2,1H3. The number of para-hydroxylation sites is 2. The zero-order valence-electron chi connectivity index (χ0n) is 11.1. The van der Waals surface area contributed by atoms with Crippen LogP contribution in [0.2, 0.25) is 0 Å². The molecule has 0 aliphatic heterocycles. The molecule has 3 heteroatoms. The molecule has 0 spiro atoms. The van der Waals surface area contributed by atoms with Crippen LogP contribution in [-0.2, 0) is 0 Å². The van der Waals surface area contributed by atoms with E-state index in [9.17, 15) is 4.39 Å². The molecule has 0 atom stereocenters. The Morgan fingerprint density at radius 3 is 2.37 bits per heavy atom. The summed E-state index contributed by atoms with van der Waals surface area (Å²) in [6.07, 6.45) is 0. The molecule has 2 rings (SSSR count). The average molecular weight is 258 g/mol. The predicted molar refractivity (Wildman–Crippen MR) is 79.2 cm³/mol. The summed E-state index contributed by atoms with van der Waals surface area (Å²) in [5.41, 5.74) is 1.76. The van der Waals surface area contributed by atoms with Crippen molar-refractivity contribution in [1.29, 1.82) is 0 Å². The highest BCUT2D eigenvalue weighted by molar-refractivity contribution is 5.48. The molecule has 0 amide bonds. The number of likely N-dealkylation sites (N-methyl/N-ethyl adjacent to an activating group) is 1. The van der Waals surface area contributed by atoms with Crippen LogP contribution in [0.25, 0.3) is 0 Å². The molecule has 0 saturated carbocycles. The van der Waals surface area contributed by atoms with E-state index in [1.165, 1.54) is 6.07 Å². The van der Waals surface area contributed by atoms with E-state index >= 15 is 0 Å². The molecule has 2 aromatic rings. The topological polar surface area (TPSA) is 15.3 Å². The summed E-state index contributed by atoms with van der Waals surface area (Å²) in [5.74, 6) is -0.163. The molecule has 2 aromatic carbocycles. The quantitative estimate of drug-likeness (QED) is 0.848. The molecule has 0 heterocycles. The van der Waals surface area contributed by atoms with E-state index in [4.69, 9.17) is 0 Å². The first kappa shape index (κ1) is 13.4. The van der Waals surface area contributed by atoms with Crippen molar-refractivity contribution in [3.8, 4) is 0 Å². The minimum absolute atomic E-state index is 0.163. The van der Waals surface area contributed by atoms with E-state index in [1.807, 2.05) is 54.3 Å². The number of hydrogen-bond donors (Lipinski definition) is 1. The summed E-state index contributed by atoms with van der Waals surface area (Å²) in [5, 5.41) is 3.33. The summed E-state index contributed by atoms with van der Waals surface area (Å²) in [6.45, 7) is 4.38. The number of rotatable bonds is 6. The minimum atomic E-state index is -0.163. The van der Waals surface area contributed by atoms with Crippen molar-refractivity contribution in [1.82, 2.24) is 0 Å². The van der Waals surface area contributed by atoms with Crippen LogP contribution in [0.5, 0.6) is 0 Å². The van der Waals surface area contributed by atoms with Gasteiger partial charge in [-0.1, -0.05) is 30.3 Å². The van der Waals surface area contributed by atoms with Crippen LogP contribution in [0.4, 0.5) is 15.8 Å². The van der Waals surface area contributed by atoms with Crippen molar-refractivity contribution in [2.75, 3.05) is 29.9 Å². The third kappa shape index (κ3) is 3.71. The number of halogens is 1. The smallest absolute Gasteiger partial charge is 0.146 e. The van der Waals surface area contributed by atoms with Gasteiger partial charge < -0.3 is 10.2 Å². The summed E-state index contributed by atoms with van der Waals surface area (Å²) < 4.78 is 13.7. The Morgan fingerprint density at radius 2 is 1.68 bits per heavy atom. The molecule has 0 saturated heterocycles. The third-order valence-electron chi connectivity index (χ3n) is 3.06. The number of anilines is 2. The molecule has 100 valence electrons. The molecule has 0 aliphatic carbocycles. The van der Waals surface area contributed by atoms with Crippen molar-refractivity contribution in [2.24, 2.45) is 0 Å². The van der Waals surface area contributed by atoms with E-state index in [0.29, 0.717) is 5.69 Å². The Hall–Kier alpha value is -2.03. The Labute approximate surface area is 113 Å². The van der Waals surface area contributed by atoms with Gasteiger partial charge in [0.2, 0.25) is 0 Å². The molecule has 0 aromatic heterocycles. The second kappa shape index (κ2) is 6.78. The van der Waals surface area contributed by atoms with Gasteiger partial charge in [-0.25, -0.2) is 4.39 Å².